The predicted octanol–water partition coefficient (Wildman–Crippen LogP) is 1.63. The molecule has 0 radical (unpaired) electrons. The van der Waals surface area contributed by atoms with Crippen LogP contribution in [0.5, 0.6) is 5.75 Å². The minimum absolute atomic E-state index is 0.0739. The van der Waals surface area contributed by atoms with Gasteiger partial charge in [-0.3, -0.25) is 9.59 Å². The zero-order chi connectivity index (χ0) is 20.1. The Morgan fingerprint density at radius 2 is 2.21 bits per heavy atom. The van der Waals surface area contributed by atoms with Gasteiger partial charge in [-0.25, -0.2) is 9.37 Å². The summed E-state index contributed by atoms with van der Waals surface area (Å²) in [6.07, 6.45) is 5.34. The van der Waals surface area contributed by atoms with Crippen LogP contribution < -0.4 is 5.32 Å². The molecule has 1 aromatic carbocycles. The van der Waals surface area contributed by atoms with E-state index in [1.807, 2.05) is 6.92 Å². The molecule has 1 fully saturated rings. The maximum absolute atomic E-state index is 13.4. The van der Waals surface area contributed by atoms with Gasteiger partial charge in [-0.05, 0) is 43.4 Å². The fourth-order valence-corrected chi connectivity index (χ4v) is 3.44. The van der Waals surface area contributed by atoms with Gasteiger partial charge in [0.05, 0.1) is 6.42 Å². The van der Waals surface area contributed by atoms with Gasteiger partial charge < -0.3 is 19.9 Å². The number of likely N-dealkylation sites (tertiary alicyclic amines) is 1. The van der Waals surface area contributed by atoms with Gasteiger partial charge in [0, 0.05) is 32.0 Å². The lowest BCUT2D eigenvalue weighted by Crippen LogP contribution is -2.44. The first-order chi connectivity index (χ1) is 13.4. The zero-order valence-corrected chi connectivity index (χ0v) is 15.9. The van der Waals surface area contributed by atoms with Crippen LogP contribution in [0.3, 0.4) is 0 Å². The third-order valence-electron chi connectivity index (χ3n) is 5.06. The Bertz CT molecular complexity index is 852. The number of carbonyl (C=O) groups is 2. The second-order valence-corrected chi connectivity index (χ2v) is 7.22. The van der Waals surface area contributed by atoms with Crippen LogP contribution in [0.1, 0.15) is 24.2 Å². The van der Waals surface area contributed by atoms with Crippen molar-refractivity contribution >= 4 is 11.8 Å². The first-order valence-electron chi connectivity index (χ1n) is 9.42. The molecule has 0 bridgehead atoms. The molecule has 0 saturated carbocycles. The molecule has 1 unspecified atom stereocenters. The number of phenols is 1. The van der Waals surface area contributed by atoms with Gasteiger partial charge in [0.2, 0.25) is 11.8 Å². The van der Waals surface area contributed by atoms with Gasteiger partial charge in [-0.15, -0.1) is 0 Å². The molecule has 1 aliphatic rings. The van der Waals surface area contributed by atoms with Crippen LogP contribution >= 0.6 is 0 Å². The lowest BCUT2D eigenvalue weighted by Gasteiger charge is -2.33. The van der Waals surface area contributed by atoms with Crippen molar-refractivity contribution in [2.75, 3.05) is 19.6 Å². The number of aromatic nitrogens is 2. The molecular weight excluding hydrogens is 363 g/mol. The number of nitrogens with one attached hydrogen (secondary N) is 1. The van der Waals surface area contributed by atoms with Gasteiger partial charge >= 0.3 is 0 Å². The number of nitrogens with zero attached hydrogens (tertiary/aromatic N) is 3. The van der Waals surface area contributed by atoms with E-state index < -0.39 is 11.6 Å². The Kier molecular flexibility index (Phi) is 6.28. The molecule has 2 aromatic rings. The largest absolute Gasteiger partial charge is 0.505 e. The van der Waals surface area contributed by atoms with Crippen molar-refractivity contribution in [3.8, 4) is 5.75 Å². The molecule has 7 nitrogen and oxygen atoms in total. The number of rotatable bonds is 6. The lowest BCUT2D eigenvalue weighted by atomic mass is 9.97. The van der Waals surface area contributed by atoms with Crippen molar-refractivity contribution in [2.24, 2.45) is 5.92 Å². The predicted molar refractivity (Wildman–Crippen MR) is 101 cm³/mol. The van der Waals surface area contributed by atoms with Gasteiger partial charge in [-0.1, -0.05) is 6.07 Å². The average molecular weight is 388 g/mol. The van der Waals surface area contributed by atoms with E-state index in [4.69, 9.17) is 0 Å². The van der Waals surface area contributed by atoms with Crippen molar-refractivity contribution in [1.29, 1.82) is 0 Å². The number of amides is 2. The highest BCUT2D eigenvalue weighted by Gasteiger charge is 2.24. The van der Waals surface area contributed by atoms with Crippen LogP contribution in [0.25, 0.3) is 0 Å². The number of aryl methyl sites for hydroxylation is 1. The number of benzene rings is 1. The molecule has 8 heteroatoms. The number of hydrogen-bond donors (Lipinski definition) is 2. The van der Waals surface area contributed by atoms with Gasteiger partial charge in [0.15, 0.2) is 11.6 Å². The number of hydrogen-bond acceptors (Lipinski definition) is 4. The third-order valence-corrected chi connectivity index (χ3v) is 5.06. The summed E-state index contributed by atoms with van der Waals surface area (Å²) in [5, 5.41) is 12.2. The maximum Gasteiger partial charge on any atom is 0.239 e. The monoisotopic (exact) mass is 388 g/mol. The number of phenolic OH excluding ortho intramolecular Hbond substituents is 1. The van der Waals surface area contributed by atoms with Gasteiger partial charge in [0.1, 0.15) is 12.4 Å². The standard InChI is InChI=1S/C20H25FN4O3/c1-14-22-6-8-24(14)13-19(27)23-11-16-3-2-7-25(12-16)20(28)10-15-4-5-18(26)17(21)9-15/h4-6,8-9,16,26H,2-3,7,10-13H2,1H3,(H,23,27). The molecule has 0 spiro atoms. The number of carbonyl (C=O) groups excluding carboxylic acids is 2. The summed E-state index contributed by atoms with van der Waals surface area (Å²) in [6, 6.07) is 4.00. The summed E-state index contributed by atoms with van der Waals surface area (Å²) < 4.78 is 15.2. The van der Waals surface area contributed by atoms with Crippen molar-refractivity contribution in [3.05, 3.63) is 47.8 Å². The molecule has 3 rings (SSSR count). The van der Waals surface area contributed by atoms with E-state index in [1.165, 1.54) is 12.1 Å². The minimum Gasteiger partial charge on any atom is -0.505 e. The molecular formula is C20H25FN4O3. The van der Waals surface area contributed by atoms with E-state index in [-0.39, 0.29) is 30.7 Å². The number of imidazole rings is 1. The second kappa shape index (κ2) is 8.86. The molecule has 1 atom stereocenters. The molecule has 0 aliphatic carbocycles. The quantitative estimate of drug-likeness (QED) is 0.788. The summed E-state index contributed by atoms with van der Waals surface area (Å²) in [7, 11) is 0. The first kappa shape index (κ1) is 19.9. The molecule has 1 aromatic heterocycles. The van der Waals surface area contributed by atoms with Crippen LogP contribution in [0, 0.1) is 18.7 Å². The van der Waals surface area contributed by atoms with Crippen molar-refractivity contribution < 1.29 is 19.1 Å². The molecule has 150 valence electrons. The number of aromatic hydroxyl groups is 1. The smallest absolute Gasteiger partial charge is 0.239 e. The van der Waals surface area contributed by atoms with E-state index in [1.54, 1.807) is 27.9 Å². The first-order valence-corrected chi connectivity index (χ1v) is 9.42. The highest BCUT2D eigenvalue weighted by molar-refractivity contribution is 5.79. The lowest BCUT2D eigenvalue weighted by molar-refractivity contribution is -0.132. The Labute approximate surface area is 163 Å². The average Bonchev–Trinajstić information content (AvgIpc) is 3.08. The highest BCUT2D eigenvalue weighted by Crippen LogP contribution is 2.19. The number of piperidine rings is 1. The van der Waals surface area contributed by atoms with E-state index in [9.17, 15) is 19.1 Å². The van der Waals surface area contributed by atoms with Crippen LogP contribution in [0.4, 0.5) is 4.39 Å². The molecule has 2 amide bonds. The van der Waals surface area contributed by atoms with Crippen LogP contribution in [-0.4, -0.2) is 51.0 Å². The molecule has 2 heterocycles. The molecule has 1 saturated heterocycles. The van der Waals surface area contributed by atoms with Gasteiger partial charge in [-0.2, -0.15) is 0 Å². The minimum atomic E-state index is -0.724. The third kappa shape index (κ3) is 5.09. The fourth-order valence-electron chi connectivity index (χ4n) is 3.44. The van der Waals surface area contributed by atoms with Crippen molar-refractivity contribution in [1.82, 2.24) is 19.8 Å². The Morgan fingerprint density at radius 1 is 1.39 bits per heavy atom. The van der Waals surface area contributed by atoms with Crippen LogP contribution in [0.15, 0.2) is 30.6 Å². The molecule has 28 heavy (non-hydrogen) atoms. The normalized spacial score (nSPS) is 16.8. The van der Waals surface area contributed by atoms with E-state index in [2.05, 4.69) is 10.3 Å². The Morgan fingerprint density at radius 3 is 2.93 bits per heavy atom. The van der Waals surface area contributed by atoms with Crippen molar-refractivity contribution in [3.63, 3.8) is 0 Å². The van der Waals surface area contributed by atoms with Crippen LogP contribution in [-0.2, 0) is 22.6 Å². The topological polar surface area (TPSA) is 87.5 Å². The highest BCUT2D eigenvalue weighted by atomic mass is 19.1. The SMILES string of the molecule is Cc1nccn1CC(=O)NCC1CCCN(C(=O)Cc2ccc(O)c(F)c2)C1. The Balaban J connectivity index is 1.47. The maximum atomic E-state index is 13.4. The van der Waals surface area contributed by atoms with Crippen LogP contribution in [0.2, 0.25) is 0 Å². The van der Waals surface area contributed by atoms with Gasteiger partial charge in [0.25, 0.3) is 0 Å². The van der Waals surface area contributed by atoms with Crippen molar-refractivity contribution in [2.45, 2.75) is 32.7 Å². The summed E-state index contributed by atoms with van der Waals surface area (Å²) in [5.74, 6) is -0.315. The number of halogens is 1. The van der Waals surface area contributed by atoms with E-state index in [0.29, 0.717) is 25.2 Å². The summed E-state index contributed by atoms with van der Waals surface area (Å²) >= 11 is 0. The summed E-state index contributed by atoms with van der Waals surface area (Å²) in [5.41, 5.74) is 0.534. The summed E-state index contributed by atoms with van der Waals surface area (Å²) in [4.78, 5) is 30.5. The van der Waals surface area contributed by atoms with E-state index in [0.717, 1.165) is 18.7 Å². The van der Waals surface area contributed by atoms with E-state index >= 15 is 0 Å². The second-order valence-electron chi connectivity index (χ2n) is 7.22. The summed E-state index contributed by atoms with van der Waals surface area (Å²) in [6.45, 7) is 3.83. The Hall–Kier alpha value is -2.90. The molecule has 1 aliphatic heterocycles. The zero-order valence-electron chi connectivity index (χ0n) is 15.9. The fraction of sp³-hybridized carbons (Fsp3) is 0.450. The molecule has 2 N–H and O–H groups in total.